The van der Waals surface area contributed by atoms with Crippen LogP contribution in [-0.2, 0) is 0 Å². The van der Waals surface area contributed by atoms with Crippen molar-refractivity contribution in [1.82, 2.24) is 9.88 Å². The number of aromatic nitrogens is 1. The molecule has 0 bridgehead atoms. The summed E-state index contributed by atoms with van der Waals surface area (Å²) in [5.74, 6) is -0.263. The number of aryl methyl sites for hydroxylation is 1. The molecule has 0 aliphatic rings. The third kappa shape index (κ3) is 3.90. The maximum atomic E-state index is 13.0. The molecule has 3 rings (SSSR count). The lowest BCUT2D eigenvalue weighted by molar-refractivity contribution is -0.380. The Bertz CT molecular complexity index is 964. The SMILES string of the molecule is Cc1ccc2nc(N(CCN(C)C)C(=O)c3ccc([N+](=O)[O-])s3)sc2c1. The summed E-state index contributed by atoms with van der Waals surface area (Å²) in [5.41, 5.74) is 1.98. The van der Waals surface area contributed by atoms with E-state index in [-0.39, 0.29) is 10.9 Å². The number of anilines is 1. The monoisotopic (exact) mass is 390 g/mol. The molecule has 26 heavy (non-hydrogen) atoms. The van der Waals surface area contributed by atoms with Crippen molar-refractivity contribution >= 4 is 48.9 Å². The topological polar surface area (TPSA) is 79.6 Å². The first kappa shape index (κ1) is 18.4. The van der Waals surface area contributed by atoms with Crippen LogP contribution >= 0.6 is 22.7 Å². The van der Waals surface area contributed by atoms with Crippen molar-refractivity contribution in [3.8, 4) is 0 Å². The number of rotatable bonds is 6. The number of nitrogens with zero attached hydrogens (tertiary/aromatic N) is 4. The van der Waals surface area contributed by atoms with Crippen LogP contribution in [0.2, 0.25) is 0 Å². The molecule has 1 aromatic carbocycles. The quantitative estimate of drug-likeness (QED) is 0.473. The Morgan fingerprint density at radius 1 is 1.19 bits per heavy atom. The van der Waals surface area contributed by atoms with Crippen LogP contribution in [0.5, 0.6) is 0 Å². The van der Waals surface area contributed by atoms with Gasteiger partial charge in [-0.25, -0.2) is 4.98 Å². The van der Waals surface area contributed by atoms with Gasteiger partial charge in [-0.05, 0) is 44.8 Å². The Labute approximate surface area is 158 Å². The molecule has 0 saturated carbocycles. The van der Waals surface area contributed by atoms with Gasteiger partial charge in [0.1, 0.15) is 0 Å². The van der Waals surface area contributed by atoms with E-state index in [9.17, 15) is 14.9 Å². The number of amides is 1. The van der Waals surface area contributed by atoms with Crippen LogP contribution in [0.15, 0.2) is 30.3 Å². The maximum absolute atomic E-state index is 13.0. The number of hydrogen-bond acceptors (Lipinski definition) is 7. The lowest BCUT2D eigenvalue weighted by atomic mass is 10.2. The second kappa shape index (κ2) is 7.48. The van der Waals surface area contributed by atoms with Gasteiger partial charge in [-0.2, -0.15) is 0 Å². The van der Waals surface area contributed by atoms with E-state index in [2.05, 4.69) is 4.98 Å². The maximum Gasteiger partial charge on any atom is 0.324 e. The van der Waals surface area contributed by atoms with Gasteiger partial charge >= 0.3 is 5.00 Å². The molecule has 3 aromatic rings. The van der Waals surface area contributed by atoms with E-state index in [1.54, 1.807) is 4.90 Å². The molecule has 0 spiro atoms. The van der Waals surface area contributed by atoms with Gasteiger partial charge in [-0.3, -0.25) is 19.8 Å². The molecule has 0 aliphatic heterocycles. The number of carbonyl (C=O) groups is 1. The van der Waals surface area contributed by atoms with Gasteiger partial charge in [0.05, 0.1) is 20.0 Å². The zero-order chi connectivity index (χ0) is 18.8. The average molecular weight is 390 g/mol. The van der Waals surface area contributed by atoms with E-state index in [0.29, 0.717) is 23.1 Å². The molecule has 0 saturated heterocycles. The Balaban J connectivity index is 1.97. The minimum Gasteiger partial charge on any atom is -0.308 e. The van der Waals surface area contributed by atoms with Crippen LogP contribution in [0.4, 0.5) is 10.1 Å². The van der Waals surface area contributed by atoms with Crippen molar-refractivity contribution in [3.05, 3.63) is 50.9 Å². The van der Waals surface area contributed by atoms with Crippen LogP contribution in [0, 0.1) is 17.0 Å². The number of fused-ring (bicyclic) bond motifs is 1. The molecule has 7 nitrogen and oxygen atoms in total. The van der Waals surface area contributed by atoms with Crippen molar-refractivity contribution in [1.29, 1.82) is 0 Å². The van der Waals surface area contributed by atoms with Crippen molar-refractivity contribution < 1.29 is 9.72 Å². The molecule has 1 amide bonds. The summed E-state index contributed by atoms with van der Waals surface area (Å²) in [4.78, 5) is 32.0. The highest BCUT2D eigenvalue weighted by molar-refractivity contribution is 7.22. The van der Waals surface area contributed by atoms with Gasteiger partial charge in [0, 0.05) is 19.2 Å². The number of nitro groups is 1. The molecule has 0 unspecified atom stereocenters. The molecule has 2 heterocycles. The Morgan fingerprint density at radius 3 is 2.62 bits per heavy atom. The lowest BCUT2D eigenvalue weighted by Gasteiger charge is -2.21. The molecule has 0 N–H and O–H groups in total. The Morgan fingerprint density at radius 2 is 1.96 bits per heavy atom. The fourth-order valence-electron chi connectivity index (χ4n) is 2.39. The fourth-order valence-corrected chi connectivity index (χ4v) is 4.25. The third-order valence-corrected chi connectivity index (χ3v) is 5.83. The summed E-state index contributed by atoms with van der Waals surface area (Å²) in [6.45, 7) is 3.13. The summed E-state index contributed by atoms with van der Waals surface area (Å²) in [6.07, 6.45) is 0. The van der Waals surface area contributed by atoms with Gasteiger partial charge in [-0.1, -0.05) is 28.7 Å². The molecule has 0 atom stereocenters. The number of benzene rings is 1. The zero-order valence-electron chi connectivity index (χ0n) is 14.6. The van der Waals surface area contributed by atoms with E-state index in [1.165, 1.54) is 23.5 Å². The van der Waals surface area contributed by atoms with Gasteiger partial charge in [0.15, 0.2) is 5.13 Å². The Hall–Kier alpha value is -2.36. The second-order valence-corrected chi connectivity index (χ2v) is 8.19. The molecule has 2 aromatic heterocycles. The van der Waals surface area contributed by atoms with Gasteiger partial charge in [0.2, 0.25) is 0 Å². The van der Waals surface area contributed by atoms with Crippen LogP contribution in [0.25, 0.3) is 10.2 Å². The molecule has 0 radical (unpaired) electrons. The van der Waals surface area contributed by atoms with Crippen molar-refractivity contribution in [3.63, 3.8) is 0 Å². The van der Waals surface area contributed by atoms with Crippen molar-refractivity contribution in [2.24, 2.45) is 0 Å². The van der Waals surface area contributed by atoms with E-state index in [1.807, 2.05) is 44.1 Å². The summed E-state index contributed by atoms with van der Waals surface area (Å²) in [5, 5.41) is 11.5. The first-order chi connectivity index (χ1) is 12.3. The van der Waals surface area contributed by atoms with E-state index in [0.717, 1.165) is 27.1 Å². The van der Waals surface area contributed by atoms with Crippen molar-refractivity contribution in [2.45, 2.75) is 6.92 Å². The number of likely N-dealkylation sites (N-methyl/N-ethyl adjacent to an activating group) is 1. The number of thiophene rings is 1. The first-order valence-electron chi connectivity index (χ1n) is 7.93. The highest BCUT2D eigenvalue weighted by Gasteiger charge is 2.24. The van der Waals surface area contributed by atoms with Gasteiger partial charge < -0.3 is 4.90 Å². The van der Waals surface area contributed by atoms with Crippen LogP contribution < -0.4 is 4.90 Å². The number of hydrogen-bond donors (Lipinski definition) is 0. The molecule has 0 aliphatic carbocycles. The predicted octanol–water partition coefficient (Wildman–Crippen LogP) is 3.78. The predicted molar refractivity (Wildman–Crippen MR) is 106 cm³/mol. The van der Waals surface area contributed by atoms with Gasteiger partial charge in [0.25, 0.3) is 5.91 Å². The lowest BCUT2D eigenvalue weighted by Crippen LogP contribution is -2.36. The van der Waals surface area contributed by atoms with Crippen LogP contribution in [-0.4, -0.2) is 47.9 Å². The number of carbonyl (C=O) groups excluding carboxylic acids is 1. The normalized spacial score (nSPS) is 11.2. The molecule has 136 valence electrons. The second-order valence-electron chi connectivity index (χ2n) is 6.12. The summed E-state index contributed by atoms with van der Waals surface area (Å²) < 4.78 is 1.01. The fraction of sp³-hybridized carbons (Fsp3) is 0.294. The highest BCUT2D eigenvalue weighted by atomic mass is 32.1. The summed E-state index contributed by atoms with van der Waals surface area (Å²) in [6, 6.07) is 8.84. The smallest absolute Gasteiger partial charge is 0.308 e. The molecule has 0 fully saturated rings. The summed E-state index contributed by atoms with van der Waals surface area (Å²) in [7, 11) is 3.86. The van der Waals surface area contributed by atoms with Crippen molar-refractivity contribution in [2.75, 3.05) is 32.1 Å². The summed E-state index contributed by atoms with van der Waals surface area (Å²) >= 11 is 2.34. The standard InChI is InChI=1S/C17H18N4O3S2/c1-11-4-5-12-14(10-11)26-17(18-12)20(9-8-19(2)3)16(22)13-6-7-15(25-13)21(23)24/h4-7,10H,8-9H2,1-3H3. The minimum absolute atomic E-state index is 0.0409. The molecule has 9 heteroatoms. The highest BCUT2D eigenvalue weighted by Crippen LogP contribution is 2.32. The first-order valence-corrected chi connectivity index (χ1v) is 9.56. The third-order valence-electron chi connectivity index (χ3n) is 3.76. The largest absolute Gasteiger partial charge is 0.324 e. The zero-order valence-corrected chi connectivity index (χ0v) is 16.3. The van der Waals surface area contributed by atoms with E-state index >= 15 is 0 Å². The van der Waals surface area contributed by atoms with Crippen LogP contribution in [0.1, 0.15) is 15.2 Å². The van der Waals surface area contributed by atoms with E-state index < -0.39 is 4.92 Å². The van der Waals surface area contributed by atoms with Crippen LogP contribution in [0.3, 0.4) is 0 Å². The van der Waals surface area contributed by atoms with E-state index in [4.69, 9.17) is 0 Å². The Kier molecular flexibility index (Phi) is 5.30. The average Bonchev–Trinajstić information content (AvgIpc) is 3.20. The van der Waals surface area contributed by atoms with Gasteiger partial charge in [-0.15, -0.1) is 0 Å². The minimum atomic E-state index is -0.480. The number of thiazole rings is 1. The molecular formula is C17H18N4O3S2. The molecular weight excluding hydrogens is 372 g/mol.